The van der Waals surface area contributed by atoms with Gasteiger partial charge in [-0.25, -0.2) is 4.79 Å². The van der Waals surface area contributed by atoms with Gasteiger partial charge in [-0.3, -0.25) is 4.79 Å². The maximum Gasteiger partial charge on any atom is 0.339 e. The van der Waals surface area contributed by atoms with Crippen LogP contribution in [0.5, 0.6) is 0 Å². The molecule has 0 amide bonds. The summed E-state index contributed by atoms with van der Waals surface area (Å²) in [6.45, 7) is 0. The van der Waals surface area contributed by atoms with Gasteiger partial charge >= 0.3 is 5.97 Å². The number of pyridine rings is 1. The topological polar surface area (TPSA) is 106 Å². The van der Waals surface area contributed by atoms with E-state index in [0.29, 0.717) is 11.0 Å². The maximum absolute atomic E-state index is 12.7. The highest BCUT2D eigenvalue weighted by molar-refractivity contribution is 5.98. The van der Waals surface area contributed by atoms with Gasteiger partial charge in [0.2, 0.25) is 11.1 Å². The third kappa shape index (κ3) is 2.55. The number of rotatable bonds is 2. The molecule has 4 rings (SSSR count). The molecule has 1 aliphatic rings. The Kier molecular flexibility index (Phi) is 3.53. The van der Waals surface area contributed by atoms with Gasteiger partial charge in [0, 0.05) is 0 Å². The molecule has 1 aromatic carbocycles. The number of aromatic carboxylic acids is 1. The normalized spacial score (nSPS) is 14.6. The van der Waals surface area contributed by atoms with Gasteiger partial charge in [0.05, 0.1) is 10.8 Å². The molecule has 0 radical (unpaired) electrons. The summed E-state index contributed by atoms with van der Waals surface area (Å²) in [5, 5.41) is 9.66. The van der Waals surface area contributed by atoms with Crippen molar-refractivity contribution in [3.63, 3.8) is 0 Å². The molecule has 0 bridgehead atoms. The van der Waals surface area contributed by atoms with Crippen molar-refractivity contribution in [2.45, 2.75) is 25.7 Å². The van der Waals surface area contributed by atoms with Crippen LogP contribution in [0.4, 0.5) is 5.82 Å². The van der Waals surface area contributed by atoms with E-state index in [-0.39, 0.29) is 27.9 Å². The smallest absolute Gasteiger partial charge is 0.339 e. The zero-order valence-corrected chi connectivity index (χ0v) is 13.4. The first kappa shape index (κ1) is 15.4. The Balaban J connectivity index is 1.97. The largest absolute Gasteiger partial charge is 0.478 e. The molecule has 6 nitrogen and oxygen atoms in total. The number of aromatic nitrogens is 1. The number of allylic oxidation sites excluding steroid dienone is 2. The molecule has 3 aromatic rings. The molecular formula is C19H16N2O4. The molecular weight excluding hydrogens is 320 g/mol. The second kappa shape index (κ2) is 5.73. The Bertz CT molecular complexity index is 1110. The van der Waals surface area contributed by atoms with Crippen LogP contribution < -0.4 is 11.2 Å². The summed E-state index contributed by atoms with van der Waals surface area (Å²) in [6.07, 6.45) is 6.65. The van der Waals surface area contributed by atoms with Crippen molar-refractivity contribution >= 4 is 39.4 Å². The molecule has 0 saturated heterocycles. The maximum atomic E-state index is 12.7. The molecule has 0 saturated carbocycles. The van der Waals surface area contributed by atoms with Gasteiger partial charge < -0.3 is 15.3 Å². The predicted molar refractivity (Wildman–Crippen MR) is 95.6 cm³/mol. The fourth-order valence-electron chi connectivity index (χ4n) is 3.27. The van der Waals surface area contributed by atoms with Crippen molar-refractivity contribution < 1.29 is 14.3 Å². The fourth-order valence-corrected chi connectivity index (χ4v) is 3.27. The lowest BCUT2D eigenvalue weighted by molar-refractivity contribution is 0.0698. The standard InChI is InChI=1S/C19H16N2O4/c20-17-14(19(23)24)9-13-16(22)12-7-6-11(10-4-2-1-3-5-10)8-15(12)25-18(13)21-17/h4,6-9H,1-3,5H2,(H2,20,21)(H,23,24). The predicted octanol–water partition coefficient (Wildman–Crippen LogP) is 3.58. The fraction of sp³-hybridized carbons (Fsp3) is 0.211. The number of hydrogen-bond acceptors (Lipinski definition) is 5. The lowest BCUT2D eigenvalue weighted by atomic mass is 9.93. The summed E-state index contributed by atoms with van der Waals surface area (Å²) in [5.74, 6) is -1.40. The van der Waals surface area contributed by atoms with E-state index in [0.717, 1.165) is 24.8 Å². The van der Waals surface area contributed by atoms with Crippen LogP contribution >= 0.6 is 0 Å². The molecule has 3 N–H and O–H groups in total. The van der Waals surface area contributed by atoms with E-state index >= 15 is 0 Å². The zero-order valence-electron chi connectivity index (χ0n) is 13.4. The summed E-state index contributed by atoms with van der Waals surface area (Å²) < 4.78 is 5.76. The van der Waals surface area contributed by atoms with Crippen LogP contribution in [0.25, 0.3) is 27.6 Å². The Labute approximate surface area is 142 Å². The first-order chi connectivity index (χ1) is 12.0. The minimum atomic E-state index is -1.23. The number of nitrogens with two attached hydrogens (primary N) is 1. The van der Waals surface area contributed by atoms with E-state index < -0.39 is 5.97 Å². The average Bonchev–Trinajstić information content (AvgIpc) is 2.61. The lowest BCUT2D eigenvalue weighted by Crippen LogP contribution is -2.09. The van der Waals surface area contributed by atoms with Crippen LogP contribution in [0.3, 0.4) is 0 Å². The lowest BCUT2D eigenvalue weighted by Gasteiger charge is -2.13. The molecule has 0 spiro atoms. The number of carboxylic acid groups (broad SMARTS) is 1. The zero-order chi connectivity index (χ0) is 17.6. The highest BCUT2D eigenvalue weighted by Crippen LogP contribution is 2.29. The molecule has 2 heterocycles. The van der Waals surface area contributed by atoms with Crippen molar-refractivity contribution in [1.29, 1.82) is 0 Å². The number of hydrogen-bond donors (Lipinski definition) is 2. The van der Waals surface area contributed by atoms with Crippen LogP contribution in [-0.2, 0) is 0 Å². The molecule has 0 atom stereocenters. The Hall–Kier alpha value is -3.15. The SMILES string of the molecule is Nc1nc2oc3cc(C4=CCCCC4)ccc3c(=O)c2cc1C(=O)O. The average molecular weight is 336 g/mol. The van der Waals surface area contributed by atoms with Gasteiger partial charge in [0.25, 0.3) is 0 Å². The van der Waals surface area contributed by atoms with Crippen LogP contribution in [-0.4, -0.2) is 16.1 Å². The van der Waals surface area contributed by atoms with Crippen molar-refractivity contribution in [1.82, 2.24) is 4.98 Å². The molecule has 2 aromatic heterocycles. The molecule has 0 fully saturated rings. The van der Waals surface area contributed by atoms with E-state index in [1.165, 1.54) is 18.1 Å². The Morgan fingerprint density at radius 1 is 1.20 bits per heavy atom. The van der Waals surface area contributed by atoms with Crippen molar-refractivity contribution in [2.75, 3.05) is 5.73 Å². The van der Waals surface area contributed by atoms with Crippen molar-refractivity contribution in [3.8, 4) is 0 Å². The quantitative estimate of drug-likeness (QED) is 0.693. The highest BCUT2D eigenvalue weighted by atomic mass is 16.4. The highest BCUT2D eigenvalue weighted by Gasteiger charge is 2.16. The molecule has 1 aliphatic carbocycles. The summed E-state index contributed by atoms with van der Waals surface area (Å²) in [4.78, 5) is 27.9. The first-order valence-corrected chi connectivity index (χ1v) is 8.14. The van der Waals surface area contributed by atoms with Gasteiger partial charge in [-0.1, -0.05) is 12.1 Å². The number of carbonyl (C=O) groups is 1. The Morgan fingerprint density at radius 2 is 2.04 bits per heavy atom. The summed E-state index contributed by atoms with van der Waals surface area (Å²) in [7, 11) is 0. The van der Waals surface area contributed by atoms with Crippen LogP contribution in [0.15, 0.2) is 39.6 Å². The molecule has 0 aliphatic heterocycles. The van der Waals surface area contributed by atoms with Gasteiger partial charge in [0.1, 0.15) is 17.0 Å². The number of carboxylic acids is 1. The van der Waals surface area contributed by atoms with Crippen LogP contribution in [0.2, 0.25) is 0 Å². The minimum absolute atomic E-state index is 0.0507. The number of benzene rings is 1. The number of nitrogen functional groups attached to an aromatic ring is 1. The van der Waals surface area contributed by atoms with Crippen molar-refractivity contribution in [2.24, 2.45) is 0 Å². The molecule has 0 unspecified atom stereocenters. The number of anilines is 1. The first-order valence-electron chi connectivity index (χ1n) is 8.14. The van der Waals surface area contributed by atoms with Crippen LogP contribution in [0, 0.1) is 0 Å². The summed E-state index contributed by atoms with van der Waals surface area (Å²) in [5.41, 5.74) is 7.91. The third-order valence-corrected chi connectivity index (χ3v) is 4.59. The Morgan fingerprint density at radius 3 is 2.76 bits per heavy atom. The van der Waals surface area contributed by atoms with Gasteiger partial charge in [-0.15, -0.1) is 0 Å². The summed E-state index contributed by atoms with van der Waals surface area (Å²) in [6, 6.07) is 6.70. The number of fused-ring (bicyclic) bond motifs is 2. The van der Waals surface area contributed by atoms with Crippen molar-refractivity contribution in [3.05, 3.63) is 51.7 Å². The van der Waals surface area contributed by atoms with E-state index in [1.54, 1.807) is 6.07 Å². The van der Waals surface area contributed by atoms with E-state index in [9.17, 15) is 9.59 Å². The van der Waals surface area contributed by atoms with Crippen LogP contribution in [0.1, 0.15) is 41.6 Å². The summed E-state index contributed by atoms with van der Waals surface area (Å²) >= 11 is 0. The molecule has 25 heavy (non-hydrogen) atoms. The second-order valence-electron chi connectivity index (χ2n) is 6.20. The van der Waals surface area contributed by atoms with E-state index in [4.69, 9.17) is 15.3 Å². The van der Waals surface area contributed by atoms with Gasteiger partial charge in [0.15, 0.2) is 0 Å². The second-order valence-corrected chi connectivity index (χ2v) is 6.20. The van der Waals surface area contributed by atoms with Gasteiger partial charge in [-0.2, -0.15) is 4.98 Å². The van der Waals surface area contributed by atoms with E-state index in [2.05, 4.69) is 11.1 Å². The van der Waals surface area contributed by atoms with Gasteiger partial charge in [-0.05, 0) is 55.0 Å². The molecule has 6 heteroatoms. The molecule has 126 valence electrons. The third-order valence-electron chi connectivity index (χ3n) is 4.59. The minimum Gasteiger partial charge on any atom is -0.478 e. The van der Waals surface area contributed by atoms with E-state index in [1.807, 2.05) is 12.1 Å². The monoisotopic (exact) mass is 336 g/mol. The number of nitrogens with zero attached hydrogens (tertiary/aromatic N) is 1.